The van der Waals surface area contributed by atoms with Gasteiger partial charge in [0.25, 0.3) is 0 Å². The molecule has 0 unspecified atom stereocenters. The first-order chi connectivity index (χ1) is 29.3. The SMILES string of the molecule is Cc1cc(C)c(O)c(-c2nc3c(-c4cc(-c5nccc6c(C)c(CC(C)(C)C)[se]c56)cc(C(C)(C)C)c4)ccc4c3n2-c2ccccc2B4c2c(C(C)C)cccc2C(C)C)c1. The molecule has 6 heteroatoms. The second-order valence-electron chi connectivity index (χ2n) is 20.8. The Morgan fingerprint density at radius 2 is 1.44 bits per heavy atom. The normalized spacial score (nSPS) is 13.0. The fraction of sp³-hybridized carbons (Fsp3) is 0.321. The number of aromatic nitrogens is 3. The molecule has 0 aliphatic carbocycles. The zero-order valence-corrected chi connectivity index (χ0v) is 40.6. The molecule has 0 radical (unpaired) electrons. The van der Waals surface area contributed by atoms with E-state index < -0.39 is 0 Å². The Kier molecular flexibility index (Phi) is 10.4. The molecule has 0 saturated heterocycles. The summed E-state index contributed by atoms with van der Waals surface area (Å²) < 4.78 is 5.33. The first-order valence-electron chi connectivity index (χ1n) is 22.4. The molecule has 8 aromatic rings. The van der Waals surface area contributed by atoms with Crippen molar-refractivity contribution in [1.82, 2.24) is 14.5 Å². The van der Waals surface area contributed by atoms with E-state index in [0.29, 0.717) is 11.8 Å². The molecule has 1 aliphatic rings. The van der Waals surface area contributed by atoms with Gasteiger partial charge in [-0.25, -0.2) is 0 Å². The zero-order chi connectivity index (χ0) is 44.2. The summed E-state index contributed by atoms with van der Waals surface area (Å²) in [6.45, 7) is 29.6. The number of fused-ring (bicyclic) bond motifs is 3. The molecule has 0 atom stereocenters. The van der Waals surface area contributed by atoms with Gasteiger partial charge < -0.3 is 0 Å². The number of rotatable bonds is 7. The second-order valence-corrected chi connectivity index (χ2v) is 23.1. The van der Waals surface area contributed by atoms with Gasteiger partial charge in [0.2, 0.25) is 0 Å². The Labute approximate surface area is 375 Å². The van der Waals surface area contributed by atoms with E-state index in [-0.39, 0.29) is 37.8 Å². The van der Waals surface area contributed by atoms with E-state index in [1.807, 2.05) is 19.2 Å². The average Bonchev–Trinajstić information content (AvgIpc) is 3.76. The molecule has 0 saturated carbocycles. The Morgan fingerprint density at radius 3 is 2.11 bits per heavy atom. The summed E-state index contributed by atoms with van der Waals surface area (Å²) >= 11 is 0.200. The van der Waals surface area contributed by atoms with Crippen LogP contribution < -0.4 is 16.4 Å². The van der Waals surface area contributed by atoms with E-state index in [2.05, 4.69) is 173 Å². The number of aromatic hydroxyl groups is 1. The number of pyridine rings is 1. The average molecular weight is 881 g/mol. The molecule has 4 nitrogen and oxygen atoms in total. The number of benzene rings is 5. The van der Waals surface area contributed by atoms with Crippen LogP contribution in [0.15, 0.2) is 97.2 Å². The van der Waals surface area contributed by atoms with Crippen molar-refractivity contribution in [3.05, 3.63) is 135 Å². The third-order valence-electron chi connectivity index (χ3n) is 13.1. The quantitative estimate of drug-likeness (QED) is 0.162. The Bertz CT molecular complexity index is 3050. The van der Waals surface area contributed by atoms with Gasteiger partial charge in [-0.3, -0.25) is 0 Å². The minimum atomic E-state index is -0.114. The molecule has 5 aromatic carbocycles. The first kappa shape index (κ1) is 42.2. The van der Waals surface area contributed by atoms with Crippen molar-refractivity contribution in [2.75, 3.05) is 0 Å². The van der Waals surface area contributed by atoms with E-state index in [1.54, 1.807) is 4.44 Å². The van der Waals surface area contributed by atoms with Crippen molar-refractivity contribution in [2.24, 2.45) is 5.41 Å². The van der Waals surface area contributed by atoms with Gasteiger partial charge in [-0.05, 0) is 25.7 Å². The van der Waals surface area contributed by atoms with Crippen molar-refractivity contribution in [3.63, 3.8) is 0 Å². The third kappa shape index (κ3) is 7.08. The number of phenolic OH excluding ortho intramolecular Hbond substituents is 1. The van der Waals surface area contributed by atoms with Crippen LogP contribution in [-0.2, 0) is 11.8 Å². The molecule has 0 bridgehead atoms. The number of hydrogen-bond donors (Lipinski definition) is 1. The van der Waals surface area contributed by atoms with Crippen LogP contribution in [0.1, 0.15) is 119 Å². The van der Waals surface area contributed by atoms with Crippen molar-refractivity contribution in [2.45, 2.75) is 114 Å². The van der Waals surface area contributed by atoms with E-state index in [0.717, 1.165) is 68.0 Å². The van der Waals surface area contributed by atoms with Crippen molar-refractivity contribution < 1.29 is 5.11 Å². The van der Waals surface area contributed by atoms with Crippen LogP contribution in [0, 0.1) is 26.2 Å². The van der Waals surface area contributed by atoms with E-state index in [9.17, 15) is 5.11 Å². The summed E-state index contributed by atoms with van der Waals surface area (Å²) in [6.07, 6.45) is 3.11. The van der Waals surface area contributed by atoms with Gasteiger partial charge in [0.1, 0.15) is 0 Å². The molecule has 314 valence electrons. The Morgan fingerprint density at radius 1 is 0.742 bits per heavy atom. The first-order valence-corrected chi connectivity index (χ1v) is 24.1. The predicted octanol–water partition coefficient (Wildman–Crippen LogP) is 12.2. The molecular weight excluding hydrogens is 820 g/mol. The number of hydrogen-bond acceptors (Lipinski definition) is 3. The molecule has 1 aliphatic heterocycles. The molecule has 0 spiro atoms. The Balaban J connectivity index is 1.38. The van der Waals surface area contributed by atoms with Crippen molar-refractivity contribution >= 4 is 58.3 Å². The molecule has 3 aromatic heterocycles. The molecule has 1 N–H and O–H groups in total. The van der Waals surface area contributed by atoms with Crippen LogP contribution in [0.3, 0.4) is 0 Å². The number of nitrogens with zero attached hydrogens (tertiary/aromatic N) is 3. The molecule has 0 fully saturated rings. The molecule has 9 rings (SSSR count). The summed E-state index contributed by atoms with van der Waals surface area (Å²) in [5.41, 5.74) is 19.8. The fourth-order valence-electron chi connectivity index (χ4n) is 9.98. The van der Waals surface area contributed by atoms with E-state index >= 15 is 0 Å². The summed E-state index contributed by atoms with van der Waals surface area (Å²) in [5, 5.41) is 13.2. The predicted molar refractivity (Wildman–Crippen MR) is 267 cm³/mol. The van der Waals surface area contributed by atoms with Crippen molar-refractivity contribution in [3.8, 4) is 45.2 Å². The third-order valence-corrected chi connectivity index (χ3v) is 15.8. The minimum absolute atomic E-state index is 0.00326. The van der Waals surface area contributed by atoms with Crippen LogP contribution in [0.2, 0.25) is 0 Å². The molecule has 62 heavy (non-hydrogen) atoms. The summed E-state index contributed by atoms with van der Waals surface area (Å²) in [6, 6.07) is 34.0. The number of aryl methyl sites for hydroxylation is 3. The van der Waals surface area contributed by atoms with Gasteiger partial charge in [0.15, 0.2) is 0 Å². The fourth-order valence-corrected chi connectivity index (χ4v) is 13.4. The number of imidazole rings is 1. The number of phenols is 1. The maximum absolute atomic E-state index is 11.9. The van der Waals surface area contributed by atoms with Crippen LogP contribution in [0.4, 0.5) is 0 Å². The van der Waals surface area contributed by atoms with Crippen LogP contribution in [-0.4, -0.2) is 40.9 Å². The van der Waals surface area contributed by atoms with Crippen LogP contribution in [0.25, 0.3) is 60.1 Å². The zero-order valence-electron chi connectivity index (χ0n) is 38.9. The van der Waals surface area contributed by atoms with E-state index in [1.165, 1.54) is 48.3 Å². The van der Waals surface area contributed by atoms with Crippen LogP contribution in [0.5, 0.6) is 5.75 Å². The Hall–Kier alpha value is -5.16. The number of para-hydroxylation sites is 1. The topological polar surface area (TPSA) is 50.9 Å². The van der Waals surface area contributed by atoms with Gasteiger partial charge in [0, 0.05) is 0 Å². The summed E-state index contributed by atoms with van der Waals surface area (Å²) in [4.78, 5) is 10.9. The van der Waals surface area contributed by atoms with Gasteiger partial charge in [0.05, 0.1) is 0 Å². The summed E-state index contributed by atoms with van der Waals surface area (Å²) in [7, 11) is 0. The van der Waals surface area contributed by atoms with Gasteiger partial charge in [-0.1, -0.05) is 58.0 Å². The van der Waals surface area contributed by atoms with E-state index in [4.69, 9.17) is 9.97 Å². The maximum atomic E-state index is 11.9. The molecule has 4 heterocycles. The standard InChI is InChI=1S/C56H60BN3OSe/c1-31(2)39-17-16-18-40(32(3)4)48(39)57-44-19-14-15-20-46(44)60-51-45(57)22-21-42(50(51)59-54(60)43-26-33(5)25-34(6)52(43)61)36-27-37(29-38(28-36)56(11,12)13)49-53-41(23-24-58-49)35(7)47(62-53)30-55(8,9)10/h14-29,31-32,61H,30H2,1-13H3. The second kappa shape index (κ2) is 15.3. The summed E-state index contributed by atoms with van der Waals surface area (Å²) in [5.74, 6) is 1.72. The van der Waals surface area contributed by atoms with Gasteiger partial charge in [-0.2, -0.15) is 0 Å². The molecular formula is C56H60BN3OSe. The molecule has 0 amide bonds. The monoisotopic (exact) mass is 881 g/mol. The van der Waals surface area contributed by atoms with Gasteiger partial charge >= 0.3 is 294 Å². The van der Waals surface area contributed by atoms with Crippen LogP contribution >= 0.6 is 0 Å². The van der Waals surface area contributed by atoms with Crippen molar-refractivity contribution in [1.29, 1.82) is 0 Å². The van der Waals surface area contributed by atoms with Gasteiger partial charge in [-0.15, -0.1) is 0 Å².